The number of hydrogen-bond donors (Lipinski definition) is 2. The predicted molar refractivity (Wildman–Crippen MR) is 60.3 cm³/mol. The van der Waals surface area contributed by atoms with Crippen LogP contribution in [0.4, 0.5) is 0 Å². The third kappa shape index (κ3) is 2.29. The van der Waals surface area contributed by atoms with Crippen LogP contribution in [0.5, 0.6) is 0 Å². The van der Waals surface area contributed by atoms with E-state index in [0.29, 0.717) is 5.41 Å². The van der Waals surface area contributed by atoms with Gasteiger partial charge in [-0.2, -0.15) is 0 Å². The van der Waals surface area contributed by atoms with Gasteiger partial charge in [-0.1, -0.05) is 20.8 Å². The molecule has 2 rings (SSSR count). The molecule has 0 spiro atoms. The first-order valence-corrected chi connectivity index (χ1v) is 6.01. The van der Waals surface area contributed by atoms with E-state index in [0.717, 1.165) is 17.8 Å². The van der Waals surface area contributed by atoms with Crippen LogP contribution in [0.25, 0.3) is 0 Å². The first kappa shape index (κ1) is 10.4. The van der Waals surface area contributed by atoms with Crippen LogP contribution in [-0.4, -0.2) is 26.2 Å². The number of rotatable bonds is 4. The van der Waals surface area contributed by atoms with Gasteiger partial charge in [0.1, 0.15) is 0 Å². The van der Waals surface area contributed by atoms with Gasteiger partial charge in [-0.05, 0) is 55.8 Å². The maximum absolute atomic E-state index is 3.64. The third-order valence-electron chi connectivity index (χ3n) is 4.19. The van der Waals surface area contributed by atoms with Crippen molar-refractivity contribution in [2.75, 3.05) is 26.2 Å². The third-order valence-corrected chi connectivity index (χ3v) is 4.19. The summed E-state index contributed by atoms with van der Waals surface area (Å²) >= 11 is 0. The monoisotopic (exact) mass is 196 g/mol. The molecule has 3 atom stereocenters. The van der Waals surface area contributed by atoms with E-state index < -0.39 is 0 Å². The van der Waals surface area contributed by atoms with Crippen molar-refractivity contribution >= 4 is 0 Å². The lowest BCUT2D eigenvalue weighted by molar-refractivity contribution is 0.407. The molecule has 2 fully saturated rings. The van der Waals surface area contributed by atoms with E-state index >= 15 is 0 Å². The molecule has 0 radical (unpaired) electrons. The molecule has 0 aromatic carbocycles. The average Bonchev–Trinajstić information content (AvgIpc) is 2.53. The highest BCUT2D eigenvalue weighted by atomic mass is 15.0. The minimum atomic E-state index is 0.631. The van der Waals surface area contributed by atoms with Gasteiger partial charge in [0, 0.05) is 0 Å². The summed E-state index contributed by atoms with van der Waals surface area (Å²) in [4.78, 5) is 0. The van der Waals surface area contributed by atoms with Gasteiger partial charge in [0.25, 0.3) is 0 Å². The second-order valence-electron chi connectivity index (χ2n) is 5.94. The van der Waals surface area contributed by atoms with Crippen molar-refractivity contribution in [1.82, 2.24) is 10.6 Å². The topological polar surface area (TPSA) is 24.1 Å². The van der Waals surface area contributed by atoms with E-state index in [9.17, 15) is 0 Å². The smallest absolute Gasteiger partial charge is 0.000522 e. The Hall–Kier alpha value is -0.0800. The highest BCUT2D eigenvalue weighted by molar-refractivity contribution is 4.96. The molecular weight excluding hydrogens is 172 g/mol. The normalized spacial score (nSPS) is 40.1. The summed E-state index contributed by atoms with van der Waals surface area (Å²) < 4.78 is 0. The summed E-state index contributed by atoms with van der Waals surface area (Å²) in [6, 6.07) is 0. The maximum atomic E-state index is 3.64. The lowest BCUT2D eigenvalue weighted by Gasteiger charge is -2.15. The number of nitrogens with one attached hydrogen (secondary N) is 2. The summed E-state index contributed by atoms with van der Waals surface area (Å²) in [7, 11) is 0. The summed E-state index contributed by atoms with van der Waals surface area (Å²) in [5, 5.41) is 7.09. The van der Waals surface area contributed by atoms with Crippen molar-refractivity contribution in [3.05, 3.63) is 0 Å². The highest BCUT2D eigenvalue weighted by Gasteiger charge is 2.44. The van der Waals surface area contributed by atoms with Crippen LogP contribution in [-0.2, 0) is 0 Å². The van der Waals surface area contributed by atoms with Crippen molar-refractivity contribution < 1.29 is 0 Å². The fourth-order valence-corrected chi connectivity index (χ4v) is 2.51. The molecule has 82 valence electrons. The quantitative estimate of drug-likeness (QED) is 0.711. The van der Waals surface area contributed by atoms with Crippen LogP contribution in [0.15, 0.2) is 0 Å². The van der Waals surface area contributed by atoms with Gasteiger partial charge in [0.05, 0.1) is 0 Å². The molecule has 0 aromatic rings. The van der Waals surface area contributed by atoms with Crippen molar-refractivity contribution in [2.45, 2.75) is 27.2 Å². The van der Waals surface area contributed by atoms with Crippen molar-refractivity contribution in [1.29, 1.82) is 0 Å². The molecule has 2 heteroatoms. The van der Waals surface area contributed by atoms with E-state index in [-0.39, 0.29) is 0 Å². The van der Waals surface area contributed by atoms with E-state index in [1.165, 1.54) is 32.6 Å². The summed E-state index contributed by atoms with van der Waals surface area (Å²) in [6.07, 6.45) is 1.42. The summed E-state index contributed by atoms with van der Waals surface area (Å²) in [6.45, 7) is 12.0. The van der Waals surface area contributed by atoms with E-state index in [4.69, 9.17) is 0 Å². The highest BCUT2D eigenvalue weighted by Crippen LogP contribution is 2.50. The van der Waals surface area contributed by atoms with Crippen LogP contribution >= 0.6 is 0 Å². The fourth-order valence-electron chi connectivity index (χ4n) is 2.51. The minimum Gasteiger partial charge on any atom is -0.316 e. The lowest BCUT2D eigenvalue weighted by Crippen LogP contribution is -2.29. The molecule has 1 aliphatic carbocycles. The Bertz CT molecular complexity index is 200. The molecule has 1 saturated heterocycles. The van der Waals surface area contributed by atoms with E-state index in [1.807, 2.05) is 0 Å². The molecule has 2 nitrogen and oxygen atoms in total. The second-order valence-corrected chi connectivity index (χ2v) is 5.94. The Morgan fingerprint density at radius 3 is 2.50 bits per heavy atom. The van der Waals surface area contributed by atoms with E-state index in [1.54, 1.807) is 0 Å². The maximum Gasteiger partial charge on any atom is -0.000522 e. The minimum absolute atomic E-state index is 0.631. The Kier molecular flexibility index (Phi) is 2.85. The van der Waals surface area contributed by atoms with Crippen molar-refractivity contribution in [3.8, 4) is 0 Å². The zero-order chi connectivity index (χ0) is 10.2. The SMILES string of the molecule is C[C@@H]1CNC[C@H]1CNCC1CC1(C)C. The second kappa shape index (κ2) is 3.82. The Morgan fingerprint density at radius 2 is 2.00 bits per heavy atom. The van der Waals surface area contributed by atoms with Crippen LogP contribution < -0.4 is 10.6 Å². The zero-order valence-electron chi connectivity index (χ0n) is 9.77. The van der Waals surface area contributed by atoms with Gasteiger partial charge in [0.2, 0.25) is 0 Å². The Balaban J connectivity index is 1.59. The molecule has 1 heterocycles. The van der Waals surface area contributed by atoms with Crippen molar-refractivity contribution in [2.24, 2.45) is 23.2 Å². The van der Waals surface area contributed by atoms with Crippen molar-refractivity contribution in [3.63, 3.8) is 0 Å². The first-order valence-electron chi connectivity index (χ1n) is 6.01. The molecule has 1 saturated carbocycles. The molecule has 14 heavy (non-hydrogen) atoms. The lowest BCUT2D eigenvalue weighted by atomic mass is 9.98. The molecular formula is C12H24N2. The molecule has 2 aliphatic rings. The largest absolute Gasteiger partial charge is 0.316 e. The Morgan fingerprint density at radius 1 is 1.29 bits per heavy atom. The average molecular weight is 196 g/mol. The molecule has 0 bridgehead atoms. The van der Waals surface area contributed by atoms with E-state index in [2.05, 4.69) is 31.4 Å². The molecule has 1 aliphatic heterocycles. The summed E-state index contributed by atoms with van der Waals surface area (Å²) in [5.41, 5.74) is 0.631. The van der Waals surface area contributed by atoms with Gasteiger partial charge in [-0.3, -0.25) is 0 Å². The van der Waals surface area contributed by atoms with Gasteiger partial charge >= 0.3 is 0 Å². The molecule has 2 N–H and O–H groups in total. The molecule has 0 amide bonds. The standard InChI is InChI=1S/C12H24N2/c1-9-5-13-6-10(9)7-14-8-11-4-12(11,2)3/h9-11,13-14H,4-8H2,1-3H3/t9-,10+,11?/m1/s1. The van der Waals surface area contributed by atoms with Gasteiger partial charge in [0.15, 0.2) is 0 Å². The van der Waals surface area contributed by atoms with Crippen LogP contribution in [0.1, 0.15) is 27.2 Å². The van der Waals surface area contributed by atoms with Gasteiger partial charge < -0.3 is 10.6 Å². The molecule has 1 unspecified atom stereocenters. The molecule has 0 aromatic heterocycles. The van der Waals surface area contributed by atoms with Crippen LogP contribution in [0, 0.1) is 23.2 Å². The first-order chi connectivity index (χ1) is 6.59. The van der Waals surface area contributed by atoms with Crippen LogP contribution in [0.2, 0.25) is 0 Å². The zero-order valence-corrected chi connectivity index (χ0v) is 9.77. The fraction of sp³-hybridized carbons (Fsp3) is 1.00. The Labute approximate surface area is 87.8 Å². The van der Waals surface area contributed by atoms with Crippen LogP contribution in [0.3, 0.4) is 0 Å². The summed E-state index contributed by atoms with van der Waals surface area (Å²) in [5.74, 6) is 2.65. The van der Waals surface area contributed by atoms with Gasteiger partial charge in [-0.15, -0.1) is 0 Å². The number of hydrogen-bond acceptors (Lipinski definition) is 2. The predicted octanol–water partition coefficient (Wildman–Crippen LogP) is 1.48. The van der Waals surface area contributed by atoms with Gasteiger partial charge in [-0.25, -0.2) is 0 Å².